The highest BCUT2D eigenvalue weighted by Crippen LogP contribution is 2.14. The number of amidine groups is 2. The molecule has 1 aromatic rings. The normalized spacial score (nSPS) is 19.5. The lowest BCUT2D eigenvalue weighted by molar-refractivity contribution is 0.312. The molecule has 0 spiro atoms. The largest absolute Gasteiger partial charge is 0.494 e. The van der Waals surface area contributed by atoms with Gasteiger partial charge in [-0.3, -0.25) is 9.98 Å². The minimum absolute atomic E-state index is 0.229. The zero-order chi connectivity index (χ0) is 17.6. The van der Waals surface area contributed by atoms with Gasteiger partial charge < -0.3 is 9.64 Å². The maximum absolute atomic E-state index is 11.4. The van der Waals surface area contributed by atoms with Crippen LogP contribution in [0.4, 0.5) is 0 Å². The predicted octanol–water partition coefficient (Wildman–Crippen LogP) is 0.382. The molecule has 132 valence electrons. The topological polar surface area (TPSA) is 95.4 Å². The van der Waals surface area contributed by atoms with Crippen molar-refractivity contribution in [3.8, 4) is 5.75 Å². The molecule has 9 heteroatoms. The first-order chi connectivity index (χ1) is 11.4. The number of hydrogen-bond acceptors (Lipinski definition) is 6. The molecular formula is C15H23N5O3S. The second kappa shape index (κ2) is 8.11. The zero-order valence-electron chi connectivity index (χ0n) is 14.1. The van der Waals surface area contributed by atoms with Crippen LogP contribution in [-0.4, -0.2) is 59.3 Å². The third-order valence-electron chi connectivity index (χ3n) is 3.15. The van der Waals surface area contributed by atoms with Crippen LogP contribution in [-0.2, 0) is 16.8 Å². The number of benzene rings is 1. The number of nitrogens with zero attached hydrogens (tertiary/aromatic N) is 3. The van der Waals surface area contributed by atoms with Crippen molar-refractivity contribution in [3.05, 3.63) is 29.8 Å². The molecule has 0 unspecified atom stereocenters. The van der Waals surface area contributed by atoms with Gasteiger partial charge in [0.15, 0.2) is 11.7 Å². The molecule has 0 saturated carbocycles. The third-order valence-corrected chi connectivity index (χ3v) is 4.07. The Morgan fingerprint density at radius 1 is 1.21 bits per heavy atom. The Morgan fingerprint density at radius 2 is 1.96 bits per heavy atom. The maximum atomic E-state index is 11.4. The summed E-state index contributed by atoms with van der Waals surface area (Å²) in [5, 5.41) is 0. The Hall–Kier alpha value is -2.13. The molecule has 2 N–H and O–H groups in total. The van der Waals surface area contributed by atoms with E-state index in [1.165, 1.54) is 12.6 Å². The van der Waals surface area contributed by atoms with E-state index in [4.69, 9.17) is 4.74 Å². The van der Waals surface area contributed by atoms with Gasteiger partial charge in [-0.15, -0.1) is 0 Å². The van der Waals surface area contributed by atoms with Crippen LogP contribution < -0.4 is 14.2 Å². The highest BCUT2D eigenvalue weighted by atomic mass is 32.2. The lowest BCUT2D eigenvalue weighted by Crippen LogP contribution is -2.24. The fourth-order valence-corrected chi connectivity index (χ4v) is 3.09. The van der Waals surface area contributed by atoms with Crippen LogP contribution in [0.1, 0.15) is 12.0 Å². The first kappa shape index (κ1) is 18.2. The lowest BCUT2D eigenvalue weighted by atomic mass is 10.2. The molecule has 8 nitrogen and oxygen atoms in total. The molecule has 0 amide bonds. The van der Waals surface area contributed by atoms with Crippen molar-refractivity contribution in [1.29, 1.82) is 0 Å². The van der Waals surface area contributed by atoms with Gasteiger partial charge >= 0.3 is 10.2 Å². The van der Waals surface area contributed by atoms with Crippen LogP contribution in [0.3, 0.4) is 0 Å². The summed E-state index contributed by atoms with van der Waals surface area (Å²) in [4.78, 5) is 10.1. The molecule has 1 aliphatic heterocycles. The second-order valence-corrected chi connectivity index (χ2v) is 7.01. The summed E-state index contributed by atoms with van der Waals surface area (Å²) in [5.74, 6) is 1.29. The van der Waals surface area contributed by atoms with Gasteiger partial charge in [-0.1, -0.05) is 12.1 Å². The molecule has 1 heterocycles. The van der Waals surface area contributed by atoms with E-state index >= 15 is 0 Å². The Kier molecular flexibility index (Phi) is 6.16. The monoisotopic (exact) mass is 353 g/mol. The van der Waals surface area contributed by atoms with Gasteiger partial charge in [-0.25, -0.2) is 9.44 Å². The molecule has 2 rings (SSSR count). The van der Waals surface area contributed by atoms with Crippen molar-refractivity contribution in [2.24, 2.45) is 9.98 Å². The Balaban J connectivity index is 1.80. The predicted molar refractivity (Wildman–Crippen MR) is 94.8 cm³/mol. The fraction of sp³-hybridized carbons (Fsp3) is 0.467. The SMILES string of the molecule is CN=C1NS(=O)(=O)NC1=NCCCOc1cccc(CN(C)C)c1. The first-order valence-electron chi connectivity index (χ1n) is 7.58. The molecule has 0 radical (unpaired) electrons. The van der Waals surface area contributed by atoms with E-state index < -0.39 is 10.2 Å². The number of aliphatic imine (C=N–C) groups is 2. The van der Waals surface area contributed by atoms with E-state index in [9.17, 15) is 8.42 Å². The minimum Gasteiger partial charge on any atom is -0.494 e. The van der Waals surface area contributed by atoms with E-state index in [1.54, 1.807) is 0 Å². The van der Waals surface area contributed by atoms with Crippen LogP contribution in [0.15, 0.2) is 34.3 Å². The molecule has 0 aliphatic carbocycles. The van der Waals surface area contributed by atoms with Crippen molar-refractivity contribution in [3.63, 3.8) is 0 Å². The number of ether oxygens (including phenoxy) is 1. The molecule has 24 heavy (non-hydrogen) atoms. The van der Waals surface area contributed by atoms with Crippen molar-refractivity contribution < 1.29 is 13.2 Å². The smallest absolute Gasteiger partial charge is 0.324 e. The zero-order valence-corrected chi connectivity index (χ0v) is 14.9. The number of nitrogens with one attached hydrogen (secondary N) is 2. The first-order valence-corrected chi connectivity index (χ1v) is 9.06. The van der Waals surface area contributed by atoms with Crippen LogP contribution in [0.25, 0.3) is 0 Å². The Bertz CT molecular complexity index is 728. The van der Waals surface area contributed by atoms with Gasteiger partial charge in [0, 0.05) is 26.6 Å². The standard InChI is InChI=1S/C15H23N5O3S/c1-16-14-15(19-24(21,22)18-14)17-8-5-9-23-13-7-4-6-12(10-13)11-20(2)3/h4,6-7,10H,5,8-9,11H2,1-3H3,(H,16,18)(H,17,19). The summed E-state index contributed by atoms with van der Waals surface area (Å²) in [6, 6.07) is 7.96. The Morgan fingerprint density at radius 3 is 2.67 bits per heavy atom. The molecule has 0 atom stereocenters. The van der Waals surface area contributed by atoms with E-state index in [-0.39, 0.29) is 11.7 Å². The highest BCUT2D eigenvalue weighted by molar-refractivity contribution is 7.89. The summed E-state index contributed by atoms with van der Waals surface area (Å²) in [6.07, 6.45) is 0.667. The van der Waals surface area contributed by atoms with Crippen LogP contribution in [0, 0.1) is 0 Å². The van der Waals surface area contributed by atoms with E-state index in [0.29, 0.717) is 19.6 Å². The van der Waals surface area contributed by atoms with Gasteiger partial charge in [-0.2, -0.15) is 8.42 Å². The van der Waals surface area contributed by atoms with E-state index in [1.807, 2.05) is 32.3 Å². The Labute approximate surface area is 142 Å². The van der Waals surface area contributed by atoms with Crippen LogP contribution in [0.2, 0.25) is 0 Å². The third kappa shape index (κ3) is 5.50. The fourth-order valence-electron chi connectivity index (χ4n) is 2.18. The van der Waals surface area contributed by atoms with Gasteiger partial charge in [0.2, 0.25) is 0 Å². The summed E-state index contributed by atoms with van der Waals surface area (Å²) in [7, 11) is 1.99. The average molecular weight is 353 g/mol. The molecule has 0 bridgehead atoms. The summed E-state index contributed by atoms with van der Waals surface area (Å²) < 4.78 is 33.0. The molecule has 1 aromatic carbocycles. The molecule has 0 aromatic heterocycles. The average Bonchev–Trinajstić information content (AvgIpc) is 2.81. The number of hydrogen-bond donors (Lipinski definition) is 2. The van der Waals surface area contributed by atoms with Crippen molar-refractivity contribution >= 4 is 21.9 Å². The highest BCUT2D eigenvalue weighted by Gasteiger charge is 2.27. The molecular weight excluding hydrogens is 330 g/mol. The van der Waals surface area contributed by atoms with Crippen LogP contribution in [0.5, 0.6) is 5.75 Å². The number of rotatable bonds is 7. The van der Waals surface area contributed by atoms with Gasteiger partial charge in [-0.05, 0) is 31.8 Å². The minimum atomic E-state index is -3.55. The molecule has 1 saturated heterocycles. The second-order valence-electron chi connectivity index (χ2n) is 5.60. The summed E-state index contributed by atoms with van der Waals surface area (Å²) >= 11 is 0. The van der Waals surface area contributed by atoms with Gasteiger partial charge in [0.25, 0.3) is 0 Å². The molecule has 1 aliphatic rings. The molecule has 1 fully saturated rings. The van der Waals surface area contributed by atoms with E-state index in [2.05, 4.69) is 30.4 Å². The van der Waals surface area contributed by atoms with Crippen molar-refractivity contribution in [1.82, 2.24) is 14.3 Å². The van der Waals surface area contributed by atoms with E-state index in [0.717, 1.165) is 12.3 Å². The van der Waals surface area contributed by atoms with Gasteiger partial charge in [0.1, 0.15) is 5.75 Å². The lowest BCUT2D eigenvalue weighted by Gasteiger charge is -2.11. The maximum Gasteiger partial charge on any atom is 0.324 e. The van der Waals surface area contributed by atoms with Crippen LogP contribution >= 0.6 is 0 Å². The quantitative estimate of drug-likeness (QED) is 0.693. The van der Waals surface area contributed by atoms with Crippen molar-refractivity contribution in [2.45, 2.75) is 13.0 Å². The summed E-state index contributed by atoms with van der Waals surface area (Å²) in [6.45, 7) is 1.80. The summed E-state index contributed by atoms with van der Waals surface area (Å²) in [5.41, 5.74) is 1.19. The van der Waals surface area contributed by atoms with Crippen molar-refractivity contribution in [2.75, 3.05) is 34.3 Å². The van der Waals surface area contributed by atoms with Gasteiger partial charge in [0.05, 0.1) is 6.61 Å².